The lowest BCUT2D eigenvalue weighted by atomic mass is 9.96. The quantitative estimate of drug-likeness (QED) is 0.285. The molecule has 3 rings (SSSR count). The molecule has 0 fully saturated rings. The average molecular weight is 509 g/mol. The molecule has 3 N–H and O–H groups in total. The third-order valence-corrected chi connectivity index (χ3v) is 6.74. The molecule has 0 saturated carbocycles. The number of benzene rings is 2. The van der Waals surface area contributed by atoms with Gasteiger partial charge in [-0.3, -0.25) is 4.98 Å². The van der Waals surface area contributed by atoms with Gasteiger partial charge in [-0.1, -0.05) is 67.6 Å². The molecular formula is C28H36N4O3S. The van der Waals surface area contributed by atoms with Gasteiger partial charge in [-0.05, 0) is 50.2 Å². The van der Waals surface area contributed by atoms with E-state index in [1.165, 1.54) is 11.3 Å². The largest absolute Gasteiger partial charge is 0.444 e. The summed E-state index contributed by atoms with van der Waals surface area (Å²) in [5.74, 6) is 0. The second-order valence-corrected chi connectivity index (χ2v) is 9.94. The van der Waals surface area contributed by atoms with Crippen molar-refractivity contribution in [2.45, 2.75) is 70.7 Å². The lowest BCUT2D eigenvalue weighted by molar-refractivity contribution is 0.135. The number of nitrogens with one attached hydrogen (secondary N) is 3. The number of rotatable bonds is 13. The van der Waals surface area contributed by atoms with Crippen LogP contribution in [-0.4, -0.2) is 35.2 Å². The van der Waals surface area contributed by atoms with Crippen LogP contribution in [0.2, 0.25) is 0 Å². The van der Waals surface area contributed by atoms with Crippen molar-refractivity contribution in [3.05, 3.63) is 88.4 Å². The first kappa shape index (κ1) is 27.2. The first-order valence-corrected chi connectivity index (χ1v) is 13.3. The molecule has 2 aromatic carbocycles. The van der Waals surface area contributed by atoms with E-state index in [0.717, 1.165) is 22.4 Å². The number of carbonyl (C=O) groups excluding carboxylic acids is 2. The van der Waals surface area contributed by atoms with Crippen molar-refractivity contribution in [1.82, 2.24) is 20.9 Å². The molecule has 0 bridgehead atoms. The number of thiazole rings is 1. The first-order valence-electron chi connectivity index (χ1n) is 12.5. The minimum Gasteiger partial charge on any atom is -0.444 e. The van der Waals surface area contributed by atoms with E-state index in [-0.39, 0.29) is 30.8 Å². The molecule has 0 aliphatic carbocycles. The predicted molar refractivity (Wildman–Crippen MR) is 144 cm³/mol. The highest BCUT2D eigenvalue weighted by atomic mass is 32.1. The fourth-order valence-corrected chi connectivity index (χ4v) is 4.37. The molecule has 3 atom stereocenters. The van der Waals surface area contributed by atoms with Gasteiger partial charge in [0.15, 0.2) is 0 Å². The highest BCUT2D eigenvalue weighted by Crippen LogP contribution is 2.14. The molecule has 3 amide bonds. The predicted octanol–water partition coefficient (Wildman–Crippen LogP) is 5.47. The van der Waals surface area contributed by atoms with Gasteiger partial charge in [0.1, 0.15) is 6.61 Å². The molecule has 0 radical (unpaired) electrons. The average Bonchev–Trinajstić information content (AvgIpc) is 3.41. The van der Waals surface area contributed by atoms with Gasteiger partial charge in [0, 0.05) is 24.3 Å². The highest BCUT2D eigenvalue weighted by Gasteiger charge is 2.20. The van der Waals surface area contributed by atoms with Crippen LogP contribution in [0.1, 0.15) is 49.1 Å². The van der Waals surface area contributed by atoms with Gasteiger partial charge in [0.05, 0.1) is 10.4 Å². The van der Waals surface area contributed by atoms with E-state index in [9.17, 15) is 9.59 Å². The fraction of sp³-hybridized carbons (Fsp3) is 0.393. The zero-order valence-electron chi connectivity index (χ0n) is 21.0. The van der Waals surface area contributed by atoms with E-state index in [0.29, 0.717) is 25.7 Å². The van der Waals surface area contributed by atoms with Gasteiger partial charge >= 0.3 is 12.1 Å². The molecule has 0 aliphatic heterocycles. The number of aromatic nitrogens is 1. The van der Waals surface area contributed by atoms with Crippen LogP contribution in [0.3, 0.4) is 0 Å². The zero-order chi connectivity index (χ0) is 25.6. The standard InChI is InChI=1S/C28H36N4O3S/c1-3-21(2)30-27(33)31-24(16-22-10-6-4-7-11-22)14-15-25(17-23-12-8-5-9-13-23)32-28(34)35-19-26-18-29-20-36-26/h4-13,18,20-21,24-25H,3,14-17,19H2,1-2H3,(H,32,34)(H2,30,31,33)/t21?,24-,25-/m1/s1. The Bertz CT molecular complexity index is 1030. The van der Waals surface area contributed by atoms with E-state index in [2.05, 4.69) is 45.2 Å². The second kappa shape index (κ2) is 14.9. The first-order chi connectivity index (χ1) is 17.5. The number of urea groups is 1. The van der Waals surface area contributed by atoms with Gasteiger partial charge in [-0.15, -0.1) is 11.3 Å². The summed E-state index contributed by atoms with van der Waals surface area (Å²) >= 11 is 1.45. The molecule has 1 unspecified atom stereocenters. The fourth-order valence-electron chi connectivity index (χ4n) is 3.86. The molecule has 36 heavy (non-hydrogen) atoms. The van der Waals surface area contributed by atoms with E-state index in [4.69, 9.17) is 4.74 Å². The van der Waals surface area contributed by atoms with E-state index < -0.39 is 6.09 Å². The summed E-state index contributed by atoms with van der Waals surface area (Å²) in [5.41, 5.74) is 4.00. The van der Waals surface area contributed by atoms with E-state index >= 15 is 0 Å². The van der Waals surface area contributed by atoms with Gasteiger partial charge in [-0.2, -0.15) is 0 Å². The summed E-state index contributed by atoms with van der Waals surface area (Å²) in [6.07, 6.45) is 4.89. The van der Waals surface area contributed by atoms with Crippen LogP contribution >= 0.6 is 11.3 Å². The van der Waals surface area contributed by atoms with E-state index in [1.54, 1.807) is 11.7 Å². The molecule has 1 aromatic heterocycles. The summed E-state index contributed by atoms with van der Waals surface area (Å²) in [7, 11) is 0. The molecule has 0 spiro atoms. The smallest absolute Gasteiger partial charge is 0.407 e. The summed E-state index contributed by atoms with van der Waals surface area (Å²) in [6, 6.07) is 19.9. The Labute approximate surface area is 217 Å². The van der Waals surface area contributed by atoms with Crippen molar-refractivity contribution < 1.29 is 14.3 Å². The lowest BCUT2D eigenvalue weighted by Crippen LogP contribution is -2.47. The van der Waals surface area contributed by atoms with Crippen molar-refractivity contribution >= 4 is 23.5 Å². The van der Waals surface area contributed by atoms with Crippen molar-refractivity contribution in [3.8, 4) is 0 Å². The van der Waals surface area contributed by atoms with Crippen LogP contribution in [0.25, 0.3) is 0 Å². The van der Waals surface area contributed by atoms with Crippen LogP contribution in [0.4, 0.5) is 9.59 Å². The number of hydrogen-bond donors (Lipinski definition) is 3. The summed E-state index contributed by atoms with van der Waals surface area (Å²) < 4.78 is 5.42. The van der Waals surface area contributed by atoms with Crippen LogP contribution in [0.15, 0.2) is 72.4 Å². The Morgan fingerprint density at radius 3 is 2.00 bits per heavy atom. The maximum atomic E-state index is 12.6. The van der Waals surface area contributed by atoms with Gasteiger partial charge in [0.2, 0.25) is 0 Å². The Balaban J connectivity index is 1.64. The molecule has 7 nitrogen and oxygen atoms in total. The normalized spacial score (nSPS) is 13.3. The number of hydrogen-bond acceptors (Lipinski definition) is 5. The molecule has 3 aromatic rings. The van der Waals surface area contributed by atoms with Gasteiger partial charge < -0.3 is 20.7 Å². The van der Waals surface area contributed by atoms with Crippen molar-refractivity contribution in [2.75, 3.05) is 0 Å². The van der Waals surface area contributed by atoms with E-state index in [1.807, 2.05) is 50.2 Å². The van der Waals surface area contributed by atoms with Crippen LogP contribution in [0, 0.1) is 0 Å². The van der Waals surface area contributed by atoms with Crippen LogP contribution in [-0.2, 0) is 24.2 Å². The van der Waals surface area contributed by atoms with Crippen molar-refractivity contribution in [3.63, 3.8) is 0 Å². The second-order valence-electron chi connectivity index (χ2n) is 8.97. The third-order valence-electron chi connectivity index (χ3n) is 5.99. The summed E-state index contributed by atoms with van der Waals surface area (Å²) in [5, 5.41) is 9.18. The minimum absolute atomic E-state index is 0.0789. The lowest BCUT2D eigenvalue weighted by Gasteiger charge is -2.24. The minimum atomic E-state index is -0.452. The Hall–Kier alpha value is -3.39. The number of nitrogens with zero attached hydrogens (tertiary/aromatic N) is 1. The van der Waals surface area contributed by atoms with Gasteiger partial charge in [0.25, 0.3) is 0 Å². The molecule has 8 heteroatoms. The third kappa shape index (κ3) is 10.1. The maximum absolute atomic E-state index is 12.6. The Morgan fingerprint density at radius 1 is 0.889 bits per heavy atom. The number of alkyl carbamates (subject to hydrolysis) is 1. The molecule has 192 valence electrons. The Morgan fingerprint density at radius 2 is 1.47 bits per heavy atom. The van der Waals surface area contributed by atoms with Crippen LogP contribution in [0.5, 0.6) is 0 Å². The summed E-state index contributed by atoms with van der Waals surface area (Å²) in [4.78, 5) is 30.1. The number of carbonyl (C=O) groups is 2. The SMILES string of the molecule is CCC(C)NC(=O)N[C@H](CC[C@H](Cc1ccccc1)NC(=O)OCc1cncs1)Cc1ccccc1. The molecule has 1 heterocycles. The Kier molecular flexibility index (Phi) is 11.2. The summed E-state index contributed by atoms with van der Waals surface area (Å²) in [6.45, 7) is 4.23. The number of amides is 3. The topological polar surface area (TPSA) is 92.4 Å². The monoisotopic (exact) mass is 508 g/mol. The molecule has 0 saturated heterocycles. The number of ether oxygens (including phenoxy) is 1. The highest BCUT2D eigenvalue weighted by molar-refractivity contribution is 7.09. The van der Waals surface area contributed by atoms with Crippen LogP contribution < -0.4 is 16.0 Å². The van der Waals surface area contributed by atoms with Gasteiger partial charge in [-0.25, -0.2) is 9.59 Å². The maximum Gasteiger partial charge on any atom is 0.407 e. The van der Waals surface area contributed by atoms with Crippen molar-refractivity contribution in [2.24, 2.45) is 0 Å². The molecular weight excluding hydrogens is 472 g/mol. The molecule has 0 aliphatic rings. The zero-order valence-corrected chi connectivity index (χ0v) is 21.8. The van der Waals surface area contributed by atoms with Crippen molar-refractivity contribution in [1.29, 1.82) is 0 Å².